The summed E-state index contributed by atoms with van der Waals surface area (Å²) in [5.41, 5.74) is 3.40. The number of thiocarbonyl (C=S) groups is 1. The summed E-state index contributed by atoms with van der Waals surface area (Å²) in [6, 6.07) is 15.1. The number of halogens is 1. The second-order valence-corrected chi connectivity index (χ2v) is 7.47. The highest BCUT2D eigenvalue weighted by atomic mass is 32.1. The molecule has 0 aliphatic heterocycles. The molecule has 0 atom stereocenters. The van der Waals surface area contributed by atoms with Crippen LogP contribution in [0, 0.1) is 12.7 Å². The maximum Gasteiger partial charge on any atom is 0.171 e. The van der Waals surface area contributed by atoms with Gasteiger partial charge in [-0.25, -0.2) is 4.39 Å². The normalized spacial score (nSPS) is 15.8. The number of nitrogens with one attached hydrogen (secondary N) is 2. The molecule has 2 aromatic rings. The first-order valence-electron chi connectivity index (χ1n) is 8.95. The van der Waals surface area contributed by atoms with Crippen LogP contribution in [0.2, 0.25) is 0 Å². The standard InChI is InChI=1S/C21H25FN2S/c1-16-6-4-7-17(14-16)10-13-21(11-2-3-12-21)24-20(25)23-19-9-5-8-18(22)15-19/h4-9,14-15H,2-3,10-13H2,1H3,(H2,23,24,25). The molecule has 0 heterocycles. The van der Waals surface area contributed by atoms with Crippen LogP contribution in [0.3, 0.4) is 0 Å². The molecule has 0 aromatic heterocycles. The Bertz CT molecular complexity index is 738. The SMILES string of the molecule is Cc1cccc(CCC2(NC(=S)Nc3cccc(F)c3)CCCC2)c1. The van der Waals surface area contributed by atoms with Crippen molar-refractivity contribution >= 4 is 23.0 Å². The Morgan fingerprint density at radius 1 is 1.12 bits per heavy atom. The molecule has 1 fully saturated rings. The van der Waals surface area contributed by atoms with E-state index in [4.69, 9.17) is 12.2 Å². The highest BCUT2D eigenvalue weighted by Crippen LogP contribution is 2.34. The van der Waals surface area contributed by atoms with Crippen molar-refractivity contribution in [2.24, 2.45) is 0 Å². The average Bonchev–Trinajstić information content (AvgIpc) is 3.02. The van der Waals surface area contributed by atoms with Gasteiger partial charge in [-0.2, -0.15) is 0 Å². The largest absolute Gasteiger partial charge is 0.357 e. The van der Waals surface area contributed by atoms with E-state index in [1.165, 1.54) is 36.1 Å². The number of anilines is 1. The van der Waals surface area contributed by atoms with Gasteiger partial charge in [0.05, 0.1) is 0 Å². The Morgan fingerprint density at radius 2 is 1.88 bits per heavy atom. The van der Waals surface area contributed by atoms with Crippen LogP contribution in [0.1, 0.15) is 43.2 Å². The lowest BCUT2D eigenvalue weighted by Gasteiger charge is -2.32. The van der Waals surface area contributed by atoms with Gasteiger partial charge in [0.2, 0.25) is 0 Å². The van der Waals surface area contributed by atoms with Crippen molar-refractivity contribution in [1.29, 1.82) is 0 Å². The van der Waals surface area contributed by atoms with Crippen LogP contribution in [0.4, 0.5) is 10.1 Å². The van der Waals surface area contributed by atoms with Gasteiger partial charge in [0.15, 0.2) is 5.11 Å². The van der Waals surface area contributed by atoms with Crippen LogP contribution in [0.25, 0.3) is 0 Å². The van der Waals surface area contributed by atoms with Crippen molar-refractivity contribution in [2.75, 3.05) is 5.32 Å². The summed E-state index contributed by atoms with van der Waals surface area (Å²) in [6.45, 7) is 2.13. The summed E-state index contributed by atoms with van der Waals surface area (Å²) in [7, 11) is 0. The van der Waals surface area contributed by atoms with E-state index in [9.17, 15) is 4.39 Å². The Balaban J connectivity index is 1.62. The molecule has 25 heavy (non-hydrogen) atoms. The van der Waals surface area contributed by atoms with Gasteiger partial charge < -0.3 is 10.6 Å². The third-order valence-corrected chi connectivity index (χ3v) is 5.20. The van der Waals surface area contributed by atoms with Gasteiger partial charge in [-0.05, 0) is 68.6 Å². The number of hydrogen-bond donors (Lipinski definition) is 2. The summed E-state index contributed by atoms with van der Waals surface area (Å²) in [5.74, 6) is -0.261. The van der Waals surface area contributed by atoms with E-state index in [-0.39, 0.29) is 11.4 Å². The first-order valence-corrected chi connectivity index (χ1v) is 9.36. The molecule has 1 saturated carbocycles. The first kappa shape index (κ1) is 17.9. The molecule has 0 radical (unpaired) electrons. The maximum atomic E-state index is 13.3. The molecule has 0 bridgehead atoms. The lowest BCUT2D eigenvalue weighted by molar-refractivity contribution is 0.362. The maximum absolute atomic E-state index is 13.3. The van der Waals surface area contributed by atoms with E-state index in [0.29, 0.717) is 10.8 Å². The van der Waals surface area contributed by atoms with Gasteiger partial charge >= 0.3 is 0 Å². The zero-order chi connectivity index (χ0) is 17.7. The van der Waals surface area contributed by atoms with Crippen molar-refractivity contribution in [3.8, 4) is 0 Å². The average molecular weight is 357 g/mol. The van der Waals surface area contributed by atoms with Crippen LogP contribution in [-0.2, 0) is 6.42 Å². The zero-order valence-electron chi connectivity index (χ0n) is 14.6. The van der Waals surface area contributed by atoms with Gasteiger partial charge in [-0.15, -0.1) is 0 Å². The number of rotatable bonds is 5. The molecule has 4 heteroatoms. The van der Waals surface area contributed by atoms with Crippen LogP contribution < -0.4 is 10.6 Å². The van der Waals surface area contributed by atoms with Gasteiger partial charge in [0.25, 0.3) is 0 Å². The van der Waals surface area contributed by atoms with E-state index in [1.807, 2.05) is 6.07 Å². The highest BCUT2D eigenvalue weighted by Gasteiger charge is 2.34. The van der Waals surface area contributed by atoms with E-state index in [2.05, 4.69) is 41.8 Å². The zero-order valence-corrected chi connectivity index (χ0v) is 15.5. The van der Waals surface area contributed by atoms with Gasteiger partial charge in [-0.3, -0.25) is 0 Å². The van der Waals surface area contributed by atoms with Crippen molar-refractivity contribution in [3.63, 3.8) is 0 Å². The molecule has 2 N–H and O–H groups in total. The lowest BCUT2D eigenvalue weighted by Crippen LogP contribution is -2.48. The number of benzene rings is 2. The van der Waals surface area contributed by atoms with Crippen LogP contribution >= 0.6 is 12.2 Å². The fourth-order valence-corrected chi connectivity index (χ4v) is 4.04. The molecule has 0 unspecified atom stereocenters. The predicted molar refractivity (Wildman–Crippen MR) is 106 cm³/mol. The van der Waals surface area contributed by atoms with Crippen LogP contribution in [0.5, 0.6) is 0 Å². The van der Waals surface area contributed by atoms with Crippen molar-refractivity contribution in [3.05, 3.63) is 65.5 Å². The number of aryl methyl sites for hydroxylation is 2. The summed E-state index contributed by atoms with van der Waals surface area (Å²) in [4.78, 5) is 0. The Hall–Kier alpha value is -1.94. The second-order valence-electron chi connectivity index (χ2n) is 7.07. The van der Waals surface area contributed by atoms with E-state index in [0.717, 1.165) is 25.7 Å². The minimum atomic E-state index is -0.261. The monoisotopic (exact) mass is 356 g/mol. The van der Waals surface area contributed by atoms with Gasteiger partial charge in [-0.1, -0.05) is 48.7 Å². The summed E-state index contributed by atoms with van der Waals surface area (Å²) in [5, 5.41) is 7.25. The quantitative estimate of drug-likeness (QED) is 0.705. The topological polar surface area (TPSA) is 24.1 Å². The van der Waals surface area contributed by atoms with Crippen molar-refractivity contribution < 1.29 is 4.39 Å². The Morgan fingerprint density at radius 3 is 2.60 bits per heavy atom. The van der Waals surface area contributed by atoms with Crippen molar-refractivity contribution in [1.82, 2.24) is 5.32 Å². The van der Waals surface area contributed by atoms with Crippen LogP contribution in [-0.4, -0.2) is 10.7 Å². The molecular weight excluding hydrogens is 331 g/mol. The lowest BCUT2D eigenvalue weighted by atomic mass is 9.89. The van der Waals surface area contributed by atoms with E-state index in [1.54, 1.807) is 6.07 Å². The molecule has 0 saturated heterocycles. The van der Waals surface area contributed by atoms with Gasteiger partial charge in [0, 0.05) is 11.2 Å². The van der Waals surface area contributed by atoms with E-state index >= 15 is 0 Å². The third kappa shape index (κ3) is 5.02. The summed E-state index contributed by atoms with van der Waals surface area (Å²) >= 11 is 5.49. The molecule has 0 amide bonds. The Labute approximate surface area is 154 Å². The molecule has 0 spiro atoms. The minimum absolute atomic E-state index is 0.0428. The second kappa shape index (κ2) is 7.96. The molecular formula is C21H25FN2S. The smallest absolute Gasteiger partial charge is 0.171 e. The van der Waals surface area contributed by atoms with E-state index < -0.39 is 0 Å². The first-order chi connectivity index (χ1) is 12.0. The summed E-state index contributed by atoms with van der Waals surface area (Å²) in [6.07, 6.45) is 6.80. The van der Waals surface area contributed by atoms with Gasteiger partial charge in [0.1, 0.15) is 5.82 Å². The molecule has 3 rings (SSSR count). The third-order valence-electron chi connectivity index (χ3n) is 5.00. The fourth-order valence-electron chi connectivity index (χ4n) is 3.71. The molecule has 1 aliphatic carbocycles. The molecule has 132 valence electrons. The molecule has 2 nitrogen and oxygen atoms in total. The minimum Gasteiger partial charge on any atom is -0.357 e. The molecule has 2 aromatic carbocycles. The predicted octanol–water partition coefficient (Wildman–Crippen LogP) is 5.37. The molecule has 1 aliphatic rings. The summed E-state index contributed by atoms with van der Waals surface area (Å²) < 4.78 is 13.3. The highest BCUT2D eigenvalue weighted by molar-refractivity contribution is 7.80. The van der Waals surface area contributed by atoms with Crippen molar-refractivity contribution in [2.45, 2.75) is 51.0 Å². The number of hydrogen-bond acceptors (Lipinski definition) is 1. The van der Waals surface area contributed by atoms with Crippen LogP contribution in [0.15, 0.2) is 48.5 Å². The Kier molecular flexibility index (Phi) is 5.69. The fraction of sp³-hybridized carbons (Fsp3) is 0.381.